The zero-order valence-corrected chi connectivity index (χ0v) is 12.3. The van der Waals surface area contributed by atoms with E-state index in [4.69, 9.17) is 11.5 Å². The quantitative estimate of drug-likeness (QED) is 0.711. The van der Waals surface area contributed by atoms with Crippen LogP contribution < -0.4 is 16.8 Å². The van der Waals surface area contributed by atoms with Crippen LogP contribution in [0.3, 0.4) is 0 Å². The van der Waals surface area contributed by atoms with Gasteiger partial charge in [-0.25, -0.2) is 0 Å². The molecule has 0 bridgehead atoms. The molecule has 5 N–H and O–H groups in total. The summed E-state index contributed by atoms with van der Waals surface area (Å²) in [6, 6.07) is 5.41. The molecular formula is C15H22N4O2. The van der Waals surface area contributed by atoms with E-state index in [2.05, 4.69) is 5.32 Å². The molecule has 0 aromatic heterocycles. The Bertz CT molecular complexity index is 544. The largest absolute Gasteiger partial charge is 0.399 e. The van der Waals surface area contributed by atoms with Gasteiger partial charge in [-0.3, -0.25) is 14.5 Å². The molecule has 1 heterocycles. The van der Waals surface area contributed by atoms with Crippen LogP contribution >= 0.6 is 0 Å². The Morgan fingerprint density at radius 3 is 2.90 bits per heavy atom. The second-order valence-electron chi connectivity index (χ2n) is 5.60. The van der Waals surface area contributed by atoms with Gasteiger partial charge in [0, 0.05) is 17.9 Å². The average molecular weight is 290 g/mol. The molecule has 114 valence electrons. The highest BCUT2D eigenvalue weighted by molar-refractivity contribution is 5.93. The van der Waals surface area contributed by atoms with E-state index in [-0.39, 0.29) is 24.3 Å². The standard InChI is InChI=1S/C15H22N4O2/c1-10-4-5-12(16)7-13(10)18-14(20)9-19-6-2-3-11(8-19)15(17)21/h4-5,7,11H,2-3,6,8-9,16H2,1H3,(H2,17,21)(H,18,20). The maximum absolute atomic E-state index is 12.1. The Hall–Kier alpha value is -2.08. The Morgan fingerprint density at radius 1 is 1.43 bits per heavy atom. The third kappa shape index (κ3) is 4.19. The number of nitrogens with zero attached hydrogens (tertiary/aromatic N) is 1. The van der Waals surface area contributed by atoms with Crippen molar-refractivity contribution in [3.63, 3.8) is 0 Å². The average Bonchev–Trinajstić information content (AvgIpc) is 2.43. The van der Waals surface area contributed by atoms with Gasteiger partial charge in [-0.05, 0) is 44.0 Å². The third-order valence-electron chi connectivity index (χ3n) is 3.81. The molecule has 6 nitrogen and oxygen atoms in total. The number of aryl methyl sites for hydroxylation is 1. The Morgan fingerprint density at radius 2 is 2.19 bits per heavy atom. The first-order valence-corrected chi connectivity index (χ1v) is 7.13. The zero-order valence-electron chi connectivity index (χ0n) is 12.3. The molecule has 2 amide bonds. The lowest BCUT2D eigenvalue weighted by atomic mass is 9.97. The van der Waals surface area contributed by atoms with E-state index >= 15 is 0 Å². The number of amides is 2. The van der Waals surface area contributed by atoms with Gasteiger partial charge >= 0.3 is 0 Å². The first-order chi connectivity index (χ1) is 9.95. The number of primary amides is 1. The number of hydrogen-bond acceptors (Lipinski definition) is 4. The summed E-state index contributed by atoms with van der Waals surface area (Å²) < 4.78 is 0. The maximum atomic E-state index is 12.1. The summed E-state index contributed by atoms with van der Waals surface area (Å²) in [6.07, 6.45) is 1.69. The van der Waals surface area contributed by atoms with Crippen molar-refractivity contribution in [3.05, 3.63) is 23.8 Å². The summed E-state index contributed by atoms with van der Waals surface area (Å²) in [5.74, 6) is -0.540. The van der Waals surface area contributed by atoms with Gasteiger partial charge in [0.2, 0.25) is 11.8 Å². The topological polar surface area (TPSA) is 101 Å². The monoisotopic (exact) mass is 290 g/mol. The van der Waals surface area contributed by atoms with Crippen LogP contribution in [0.1, 0.15) is 18.4 Å². The summed E-state index contributed by atoms with van der Waals surface area (Å²) in [5.41, 5.74) is 13.4. The molecule has 1 fully saturated rings. The molecule has 2 rings (SSSR count). The predicted molar refractivity (Wildman–Crippen MR) is 82.6 cm³/mol. The number of benzene rings is 1. The molecule has 1 aromatic carbocycles. The van der Waals surface area contributed by atoms with Gasteiger partial charge in [-0.1, -0.05) is 6.07 Å². The number of carbonyl (C=O) groups excluding carboxylic acids is 2. The number of nitrogens with two attached hydrogens (primary N) is 2. The number of anilines is 2. The lowest BCUT2D eigenvalue weighted by Gasteiger charge is -2.30. The lowest BCUT2D eigenvalue weighted by molar-refractivity contribution is -0.125. The van der Waals surface area contributed by atoms with Crippen molar-refractivity contribution < 1.29 is 9.59 Å². The highest BCUT2D eigenvalue weighted by Crippen LogP contribution is 2.19. The van der Waals surface area contributed by atoms with E-state index in [0.29, 0.717) is 12.2 Å². The molecule has 1 aliphatic heterocycles. The Balaban J connectivity index is 1.92. The SMILES string of the molecule is Cc1ccc(N)cc1NC(=O)CN1CCCC(C(N)=O)C1. The molecule has 1 aromatic rings. The van der Waals surface area contributed by atoms with E-state index < -0.39 is 0 Å². The summed E-state index contributed by atoms with van der Waals surface area (Å²) in [4.78, 5) is 25.3. The Kier molecular flexibility index (Phi) is 4.80. The van der Waals surface area contributed by atoms with Crippen LogP contribution in [-0.2, 0) is 9.59 Å². The second kappa shape index (κ2) is 6.58. The number of piperidine rings is 1. The fourth-order valence-corrected chi connectivity index (χ4v) is 2.60. The van der Waals surface area contributed by atoms with Crippen LogP contribution in [0.25, 0.3) is 0 Å². The maximum Gasteiger partial charge on any atom is 0.238 e. The lowest BCUT2D eigenvalue weighted by Crippen LogP contribution is -2.44. The van der Waals surface area contributed by atoms with Crippen LogP contribution in [0.2, 0.25) is 0 Å². The van der Waals surface area contributed by atoms with Crippen molar-refractivity contribution in [2.45, 2.75) is 19.8 Å². The van der Waals surface area contributed by atoms with Crippen molar-refractivity contribution in [1.29, 1.82) is 0 Å². The third-order valence-corrected chi connectivity index (χ3v) is 3.81. The van der Waals surface area contributed by atoms with E-state index in [1.165, 1.54) is 0 Å². The fourth-order valence-electron chi connectivity index (χ4n) is 2.60. The summed E-state index contributed by atoms with van der Waals surface area (Å²) in [5, 5.41) is 2.87. The van der Waals surface area contributed by atoms with Crippen molar-refractivity contribution in [2.24, 2.45) is 11.7 Å². The summed E-state index contributed by atoms with van der Waals surface area (Å²) >= 11 is 0. The smallest absolute Gasteiger partial charge is 0.238 e. The van der Waals surface area contributed by atoms with Crippen LogP contribution in [0.15, 0.2) is 18.2 Å². The first kappa shape index (κ1) is 15.3. The van der Waals surface area contributed by atoms with Crippen molar-refractivity contribution in [1.82, 2.24) is 4.90 Å². The van der Waals surface area contributed by atoms with Gasteiger partial charge in [0.15, 0.2) is 0 Å². The number of nitrogens with one attached hydrogen (secondary N) is 1. The zero-order chi connectivity index (χ0) is 15.4. The number of likely N-dealkylation sites (tertiary alicyclic amines) is 1. The Labute approximate surface area is 124 Å². The van der Waals surface area contributed by atoms with Crippen LogP contribution in [0.4, 0.5) is 11.4 Å². The van der Waals surface area contributed by atoms with Gasteiger partial charge in [0.25, 0.3) is 0 Å². The summed E-state index contributed by atoms with van der Waals surface area (Å²) in [6.45, 7) is 3.54. The molecule has 0 radical (unpaired) electrons. The van der Waals surface area contributed by atoms with Gasteiger partial charge in [0.05, 0.1) is 12.5 Å². The highest BCUT2D eigenvalue weighted by atomic mass is 16.2. The van der Waals surface area contributed by atoms with E-state index in [0.717, 1.165) is 30.6 Å². The van der Waals surface area contributed by atoms with Gasteiger partial charge in [-0.2, -0.15) is 0 Å². The van der Waals surface area contributed by atoms with Crippen LogP contribution in [0, 0.1) is 12.8 Å². The number of nitrogen functional groups attached to an aromatic ring is 1. The molecule has 21 heavy (non-hydrogen) atoms. The van der Waals surface area contributed by atoms with Crippen molar-refractivity contribution in [2.75, 3.05) is 30.7 Å². The van der Waals surface area contributed by atoms with E-state index in [9.17, 15) is 9.59 Å². The molecule has 1 atom stereocenters. The van der Waals surface area contributed by atoms with Crippen molar-refractivity contribution in [3.8, 4) is 0 Å². The number of hydrogen-bond donors (Lipinski definition) is 3. The molecule has 6 heteroatoms. The highest BCUT2D eigenvalue weighted by Gasteiger charge is 2.25. The molecular weight excluding hydrogens is 268 g/mol. The van der Waals surface area contributed by atoms with Crippen molar-refractivity contribution >= 4 is 23.2 Å². The van der Waals surface area contributed by atoms with Gasteiger partial charge < -0.3 is 16.8 Å². The molecule has 0 saturated carbocycles. The molecule has 0 spiro atoms. The van der Waals surface area contributed by atoms with Gasteiger partial charge in [-0.15, -0.1) is 0 Å². The van der Waals surface area contributed by atoms with E-state index in [1.54, 1.807) is 12.1 Å². The predicted octanol–water partition coefficient (Wildman–Crippen LogP) is 0.713. The van der Waals surface area contributed by atoms with Crippen LogP contribution in [-0.4, -0.2) is 36.3 Å². The normalized spacial score (nSPS) is 19.2. The van der Waals surface area contributed by atoms with E-state index in [1.807, 2.05) is 17.9 Å². The van der Waals surface area contributed by atoms with Gasteiger partial charge in [0.1, 0.15) is 0 Å². The van der Waals surface area contributed by atoms with Crippen LogP contribution in [0.5, 0.6) is 0 Å². The molecule has 1 unspecified atom stereocenters. The number of rotatable bonds is 4. The molecule has 1 aliphatic rings. The fraction of sp³-hybridized carbons (Fsp3) is 0.467. The minimum atomic E-state index is -0.285. The molecule has 1 saturated heterocycles. The number of carbonyl (C=O) groups is 2. The second-order valence-corrected chi connectivity index (χ2v) is 5.60. The molecule has 0 aliphatic carbocycles. The summed E-state index contributed by atoms with van der Waals surface area (Å²) in [7, 11) is 0. The minimum absolute atomic E-state index is 0.103. The first-order valence-electron chi connectivity index (χ1n) is 7.13. The minimum Gasteiger partial charge on any atom is -0.399 e.